The topological polar surface area (TPSA) is 54.5 Å². The Labute approximate surface area is 213 Å². The van der Waals surface area contributed by atoms with E-state index in [0.29, 0.717) is 6.54 Å². The van der Waals surface area contributed by atoms with Gasteiger partial charge in [-0.2, -0.15) is 0 Å². The summed E-state index contributed by atoms with van der Waals surface area (Å²) in [7, 11) is 1.65. The molecular formula is C28H25N3O2S2. The Kier molecular flexibility index (Phi) is 7.16. The number of amides is 1. The van der Waals surface area contributed by atoms with Crippen molar-refractivity contribution in [2.45, 2.75) is 5.92 Å². The van der Waals surface area contributed by atoms with Gasteiger partial charge in [0.25, 0.3) is 0 Å². The van der Waals surface area contributed by atoms with Crippen molar-refractivity contribution < 1.29 is 9.53 Å². The molecule has 0 atom stereocenters. The molecular weight excluding hydrogens is 474 g/mol. The summed E-state index contributed by atoms with van der Waals surface area (Å²) in [6, 6.07) is 27.7. The zero-order valence-corrected chi connectivity index (χ0v) is 20.9. The maximum absolute atomic E-state index is 13.9. The number of anilines is 2. The van der Waals surface area contributed by atoms with Gasteiger partial charge in [-0.3, -0.25) is 4.79 Å². The molecule has 0 aliphatic carbocycles. The summed E-state index contributed by atoms with van der Waals surface area (Å²) in [6.07, 6.45) is 2.01. The number of ether oxygens (including phenoxy) is 1. The lowest BCUT2D eigenvalue weighted by molar-refractivity contribution is -0.129. The van der Waals surface area contributed by atoms with Gasteiger partial charge in [-0.1, -0.05) is 60.7 Å². The number of benzene rings is 3. The number of methoxy groups -OCH3 is 1. The minimum Gasteiger partial charge on any atom is -0.497 e. The van der Waals surface area contributed by atoms with Gasteiger partial charge in [0.2, 0.25) is 5.91 Å². The van der Waals surface area contributed by atoms with Crippen molar-refractivity contribution in [3.63, 3.8) is 0 Å². The van der Waals surface area contributed by atoms with Crippen LogP contribution in [-0.4, -0.2) is 35.2 Å². The summed E-state index contributed by atoms with van der Waals surface area (Å²) in [5, 5.41) is 7.08. The summed E-state index contributed by atoms with van der Waals surface area (Å²) < 4.78 is 5.22. The second-order valence-corrected chi connectivity index (χ2v) is 9.98. The van der Waals surface area contributed by atoms with Crippen molar-refractivity contribution in [1.82, 2.24) is 9.88 Å². The zero-order valence-electron chi connectivity index (χ0n) is 19.3. The molecule has 2 heterocycles. The van der Waals surface area contributed by atoms with E-state index in [2.05, 4.69) is 5.32 Å². The van der Waals surface area contributed by atoms with Crippen LogP contribution in [0.2, 0.25) is 0 Å². The third-order valence-electron chi connectivity index (χ3n) is 5.74. The minimum atomic E-state index is -0.345. The molecule has 176 valence electrons. The maximum Gasteiger partial charge on any atom is 0.239 e. The molecule has 35 heavy (non-hydrogen) atoms. The molecule has 1 N–H and O–H groups in total. The van der Waals surface area contributed by atoms with E-state index in [1.807, 2.05) is 101 Å². The summed E-state index contributed by atoms with van der Waals surface area (Å²) in [6.45, 7) is 0.687. The zero-order chi connectivity index (χ0) is 24.0. The molecule has 0 radical (unpaired) electrons. The molecule has 1 fully saturated rings. The van der Waals surface area contributed by atoms with Crippen molar-refractivity contribution in [2.75, 3.05) is 24.7 Å². The van der Waals surface area contributed by atoms with Crippen LogP contribution in [0.5, 0.6) is 5.75 Å². The molecule has 7 heteroatoms. The van der Waals surface area contributed by atoms with Crippen LogP contribution in [0.3, 0.4) is 0 Å². The second-order valence-electron chi connectivity index (χ2n) is 8.01. The smallest absolute Gasteiger partial charge is 0.239 e. The average Bonchev–Trinajstić information content (AvgIpc) is 3.55. The number of carbonyl (C=O) groups excluding carboxylic acids is 1. The number of thiazole rings is 1. The molecule has 4 aromatic rings. The predicted molar refractivity (Wildman–Crippen MR) is 145 cm³/mol. The minimum absolute atomic E-state index is 0.0884. The standard InChI is InChI=1S/C28H25N3O2S2/c1-33-24-14-12-22(13-15-24)29-28-30-23(19-35-28)18-25-31(16-17-34-25)27(32)26(20-8-4-2-5-9-20)21-10-6-3-7-11-21/h2-15,18-19,26H,16-17H2,1H3,(H,29,30)/b25-18+. The first-order valence-electron chi connectivity index (χ1n) is 11.3. The first kappa shape index (κ1) is 23.2. The van der Waals surface area contributed by atoms with Crippen LogP contribution in [0.15, 0.2) is 95.3 Å². The van der Waals surface area contributed by atoms with E-state index in [-0.39, 0.29) is 11.8 Å². The molecule has 1 aliphatic heterocycles. The number of nitrogens with zero attached hydrogens (tertiary/aromatic N) is 2. The Hall–Kier alpha value is -3.55. The Morgan fingerprint density at radius 2 is 1.66 bits per heavy atom. The summed E-state index contributed by atoms with van der Waals surface area (Å²) in [5.41, 5.74) is 3.78. The monoisotopic (exact) mass is 499 g/mol. The van der Waals surface area contributed by atoms with Crippen molar-refractivity contribution in [3.8, 4) is 5.75 Å². The first-order chi connectivity index (χ1) is 17.2. The van der Waals surface area contributed by atoms with Gasteiger partial charge in [0.05, 0.1) is 23.8 Å². The maximum atomic E-state index is 13.9. The molecule has 1 saturated heterocycles. The van der Waals surface area contributed by atoms with Crippen LogP contribution in [-0.2, 0) is 4.79 Å². The third-order valence-corrected chi connectivity index (χ3v) is 7.54. The van der Waals surface area contributed by atoms with E-state index >= 15 is 0 Å². The van der Waals surface area contributed by atoms with Crippen LogP contribution in [0.4, 0.5) is 10.8 Å². The summed E-state index contributed by atoms with van der Waals surface area (Å²) in [4.78, 5) is 20.5. The number of aromatic nitrogens is 1. The van der Waals surface area contributed by atoms with E-state index in [1.165, 1.54) is 11.3 Å². The van der Waals surface area contributed by atoms with Crippen LogP contribution in [0, 0.1) is 0 Å². The summed E-state index contributed by atoms with van der Waals surface area (Å²) in [5.74, 6) is 1.43. The van der Waals surface area contributed by atoms with E-state index in [0.717, 1.165) is 44.2 Å². The number of carbonyl (C=O) groups is 1. The number of rotatable bonds is 7. The van der Waals surface area contributed by atoms with Crippen LogP contribution < -0.4 is 10.1 Å². The number of hydrogen-bond acceptors (Lipinski definition) is 6. The fourth-order valence-electron chi connectivity index (χ4n) is 4.03. The van der Waals surface area contributed by atoms with Crippen LogP contribution >= 0.6 is 23.1 Å². The molecule has 1 aromatic heterocycles. The third kappa shape index (κ3) is 5.42. The lowest BCUT2D eigenvalue weighted by atomic mass is 9.90. The highest BCUT2D eigenvalue weighted by molar-refractivity contribution is 8.03. The van der Waals surface area contributed by atoms with Gasteiger partial charge < -0.3 is 15.0 Å². The van der Waals surface area contributed by atoms with Gasteiger partial charge in [0.15, 0.2) is 5.13 Å². The number of hydrogen-bond donors (Lipinski definition) is 1. The van der Waals surface area contributed by atoms with E-state index in [9.17, 15) is 4.79 Å². The Bertz CT molecular complexity index is 1270. The van der Waals surface area contributed by atoms with Crippen LogP contribution in [0.25, 0.3) is 6.08 Å². The van der Waals surface area contributed by atoms with Crippen molar-refractivity contribution in [3.05, 3.63) is 112 Å². The Morgan fingerprint density at radius 1 is 1.00 bits per heavy atom. The van der Waals surface area contributed by atoms with Gasteiger partial charge in [0.1, 0.15) is 5.75 Å². The van der Waals surface area contributed by atoms with Gasteiger partial charge in [0, 0.05) is 23.4 Å². The average molecular weight is 500 g/mol. The van der Waals surface area contributed by atoms with E-state index in [1.54, 1.807) is 18.9 Å². The molecule has 1 amide bonds. The van der Waals surface area contributed by atoms with Gasteiger partial charge in [-0.15, -0.1) is 23.1 Å². The Morgan fingerprint density at radius 3 is 2.29 bits per heavy atom. The molecule has 0 unspecified atom stereocenters. The molecule has 1 aliphatic rings. The lowest BCUT2D eigenvalue weighted by Crippen LogP contribution is -2.32. The van der Waals surface area contributed by atoms with Crippen LogP contribution in [0.1, 0.15) is 22.7 Å². The van der Waals surface area contributed by atoms with Gasteiger partial charge in [-0.25, -0.2) is 4.98 Å². The molecule has 5 rings (SSSR count). The summed E-state index contributed by atoms with van der Waals surface area (Å²) >= 11 is 3.23. The van der Waals surface area contributed by atoms with E-state index < -0.39 is 0 Å². The second kappa shape index (κ2) is 10.8. The number of thioether (sulfide) groups is 1. The largest absolute Gasteiger partial charge is 0.497 e. The highest BCUT2D eigenvalue weighted by Gasteiger charge is 2.32. The molecule has 5 nitrogen and oxygen atoms in total. The fraction of sp³-hybridized carbons (Fsp3) is 0.143. The van der Waals surface area contributed by atoms with Crippen molar-refractivity contribution in [2.24, 2.45) is 0 Å². The van der Waals surface area contributed by atoms with Gasteiger partial charge in [-0.05, 0) is 41.5 Å². The Balaban J connectivity index is 1.37. The molecule has 0 bridgehead atoms. The van der Waals surface area contributed by atoms with Gasteiger partial charge >= 0.3 is 0 Å². The van der Waals surface area contributed by atoms with E-state index in [4.69, 9.17) is 9.72 Å². The number of nitrogens with one attached hydrogen (secondary N) is 1. The highest BCUT2D eigenvalue weighted by atomic mass is 32.2. The quantitative estimate of drug-likeness (QED) is 0.310. The molecule has 0 spiro atoms. The normalized spacial score (nSPS) is 14.5. The lowest BCUT2D eigenvalue weighted by Gasteiger charge is -2.24. The first-order valence-corrected chi connectivity index (χ1v) is 13.2. The fourth-order valence-corrected chi connectivity index (χ4v) is 5.74. The van der Waals surface area contributed by atoms with Crippen molar-refractivity contribution >= 4 is 45.9 Å². The SMILES string of the molecule is COc1ccc(Nc2nc(/C=C3/SCCN3C(=O)C(c3ccccc3)c3ccccc3)cs2)cc1. The highest BCUT2D eigenvalue weighted by Crippen LogP contribution is 2.36. The molecule has 3 aromatic carbocycles. The predicted octanol–water partition coefficient (Wildman–Crippen LogP) is 6.60. The molecule has 0 saturated carbocycles. The van der Waals surface area contributed by atoms with Crippen molar-refractivity contribution in [1.29, 1.82) is 0 Å².